The summed E-state index contributed by atoms with van der Waals surface area (Å²) in [5, 5.41) is 3.11. The summed E-state index contributed by atoms with van der Waals surface area (Å²) < 4.78 is 10.4. The molecule has 3 aliphatic rings. The lowest BCUT2D eigenvalue weighted by atomic mass is 9.80. The fourth-order valence-corrected chi connectivity index (χ4v) is 4.51. The average molecular weight is 350 g/mol. The minimum atomic E-state index is -0.481. The monoisotopic (exact) mass is 349 g/mol. The van der Waals surface area contributed by atoms with Gasteiger partial charge in [-0.1, -0.05) is 17.7 Å². The van der Waals surface area contributed by atoms with Crippen molar-refractivity contribution in [3.05, 3.63) is 29.3 Å². The number of amides is 1. The summed E-state index contributed by atoms with van der Waals surface area (Å²) >= 11 is 5.85. The number of anilines is 1. The molecule has 24 heavy (non-hydrogen) atoms. The van der Waals surface area contributed by atoms with Gasteiger partial charge in [0.2, 0.25) is 0 Å². The van der Waals surface area contributed by atoms with Gasteiger partial charge >= 0.3 is 11.9 Å². The van der Waals surface area contributed by atoms with Crippen LogP contribution in [-0.2, 0) is 23.9 Å². The maximum Gasteiger partial charge on any atom is 0.310 e. The number of esters is 2. The van der Waals surface area contributed by atoms with Crippen LogP contribution in [0.4, 0.5) is 5.69 Å². The van der Waals surface area contributed by atoms with Crippen LogP contribution in [0.2, 0.25) is 5.02 Å². The Morgan fingerprint density at radius 1 is 1.33 bits per heavy atom. The van der Waals surface area contributed by atoms with Crippen molar-refractivity contribution in [1.82, 2.24) is 0 Å². The Hall–Kier alpha value is -2.08. The van der Waals surface area contributed by atoms with Crippen molar-refractivity contribution in [3.63, 3.8) is 0 Å². The smallest absolute Gasteiger partial charge is 0.310 e. The molecule has 1 amide bonds. The highest BCUT2D eigenvalue weighted by Gasteiger charge is 2.64. The molecule has 0 spiro atoms. The van der Waals surface area contributed by atoms with Crippen molar-refractivity contribution < 1.29 is 23.9 Å². The van der Waals surface area contributed by atoms with Crippen molar-refractivity contribution >= 4 is 35.1 Å². The molecular weight excluding hydrogens is 334 g/mol. The highest BCUT2D eigenvalue weighted by molar-refractivity contribution is 6.30. The summed E-state index contributed by atoms with van der Waals surface area (Å²) in [5.74, 6) is -1.82. The predicted octanol–water partition coefficient (Wildman–Crippen LogP) is 2.02. The average Bonchev–Trinajstić information content (AvgIpc) is 3.14. The molecule has 1 aliphatic heterocycles. The van der Waals surface area contributed by atoms with Gasteiger partial charge in [0.15, 0.2) is 6.61 Å². The maximum absolute atomic E-state index is 12.3. The molecule has 0 radical (unpaired) electrons. The summed E-state index contributed by atoms with van der Waals surface area (Å²) in [4.78, 5) is 36.1. The first-order chi connectivity index (χ1) is 11.5. The molecule has 126 valence electrons. The molecule has 7 heteroatoms. The SMILES string of the molecule is O=C(COC(=O)[C@@H]1[C@@H]2C[C@@H]3[C@H]1C(=O)O[C@@H]3C2)Nc1cccc(Cl)c1. The van der Waals surface area contributed by atoms with Crippen LogP contribution in [0, 0.1) is 23.7 Å². The van der Waals surface area contributed by atoms with Crippen LogP contribution < -0.4 is 5.32 Å². The van der Waals surface area contributed by atoms with Crippen molar-refractivity contribution in [1.29, 1.82) is 0 Å². The molecule has 0 unspecified atom stereocenters. The lowest BCUT2D eigenvalue weighted by Crippen LogP contribution is -2.34. The number of rotatable bonds is 4. The van der Waals surface area contributed by atoms with Gasteiger partial charge in [-0.15, -0.1) is 0 Å². The van der Waals surface area contributed by atoms with Crippen LogP contribution in [0.5, 0.6) is 0 Å². The molecule has 1 aromatic carbocycles. The molecule has 1 N–H and O–H groups in total. The molecule has 2 bridgehead atoms. The van der Waals surface area contributed by atoms with Crippen LogP contribution in [0.15, 0.2) is 24.3 Å². The first-order valence-electron chi connectivity index (χ1n) is 7.95. The van der Waals surface area contributed by atoms with Crippen LogP contribution in [-0.4, -0.2) is 30.6 Å². The first-order valence-corrected chi connectivity index (χ1v) is 8.33. The van der Waals surface area contributed by atoms with Gasteiger partial charge in [0.25, 0.3) is 5.91 Å². The van der Waals surface area contributed by atoms with E-state index in [1.165, 1.54) is 0 Å². The summed E-state index contributed by atoms with van der Waals surface area (Å²) in [5.41, 5.74) is 0.533. The van der Waals surface area contributed by atoms with Crippen molar-refractivity contribution in [2.45, 2.75) is 18.9 Å². The zero-order chi connectivity index (χ0) is 16.8. The molecule has 0 aromatic heterocycles. The van der Waals surface area contributed by atoms with Crippen LogP contribution in [0.1, 0.15) is 12.8 Å². The Morgan fingerprint density at radius 2 is 2.17 bits per heavy atom. The molecule has 3 fully saturated rings. The topological polar surface area (TPSA) is 81.7 Å². The van der Waals surface area contributed by atoms with Crippen molar-refractivity contribution in [2.24, 2.45) is 23.7 Å². The zero-order valence-electron chi connectivity index (χ0n) is 12.7. The van der Waals surface area contributed by atoms with Crippen molar-refractivity contribution in [3.8, 4) is 0 Å². The third-order valence-electron chi connectivity index (χ3n) is 5.21. The largest absolute Gasteiger partial charge is 0.462 e. The van der Waals surface area contributed by atoms with E-state index in [2.05, 4.69) is 5.32 Å². The van der Waals surface area contributed by atoms with Gasteiger partial charge in [-0.3, -0.25) is 14.4 Å². The predicted molar refractivity (Wildman–Crippen MR) is 84.1 cm³/mol. The van der Waals surface area contributed by atoms with Crippen LogP contribution >= 0.6 is 11.6 Å². The Balaban J connectivity index is 1.34. The maximum atomic E-state index is 12.3. The summed E-state index contributed by atoms with van der Waals surface area (Å²) in [6, 6.07) is 6.70. The molecule has 4 rings (SSSR count). The Labute approximate surface area is 143 Å². The minimum Gasteiger partial charge on any atom is -0.462 e. The number of benzene rings is 1. The normalized spacial score (nSPS) is 32.5. The van der Waals surface area contributed by atoms with Gasteiger partial charge in [0.1, 0.15) is 6.10 Å². The Kier molecular flexibility index (Phi) is 3.72. The zero-order valence-corrected chi connectivity index (χ0v) is 13.5. The van der Waals surface area contributed by atoms with E-state index in [0.29, 0.717) is 10.7 Å². The first kappa shape index (κ1) is 15.4. The number of hydrogen-bond acceptors (Lipinski definition) is 5. The number of nitrogens with one attached hydrogen (secondary N) is 1. The van der Waals surface area contributed by atoms with Gasteiger partial charge in [-0.25, -0.2) is 0 Å². The number of halogens is 1. The van der Waals surface area contributed by atoms with E-state index in [0.717, 1.165) is 12.8 Å². The van der Waals surface area contributed by atoms with Crippen molar-refractivity contribution in [2.75, 3.05) is 11.9 Å². The molecule has 6 nitrogen and oxygen atoms in total. The van der Waals surface area contributed by atoms with E-state index >= 15 is 0 Å². The lowest BCUT2D eigenvalue weighted by Gasteiger charge is -2.22. The van der Waals surface area contributed by atoms with E-state index in [1.807, 2.05) is 0 Å². The third kappa shape index (κ3) is 2.55. The van der Waals surface area contributed by atoms with E-state index in [4.69, 9.17) is 21.1 Å². The Morgan fingerprint density at radius 3 is 2.96 bits per heavy atom. The minimum absolute atomic E-state index is 0.0253. The van der Waals surface area contributed by atoms with Gasteiger partial charge in [-0.05, 0) is 37.0 Å². The summed E-state index contributed by atoms with van der Waals surface area (Å²) in [6.07, 6.45) is 1.53. The van der Waals surface area contributed by atoms with E-state index in [1.54, 1.807) is 24.3 Å². The second-order valence-corrected chi connectivity index (χ2v) is 7.02. The van der Waals surface area contributed by atoms with E-state index < -0.39 is 23.7 Å². The fraction of sp³-hybridized carbons (Fsp3) is 0.471. The number of ether oxygens (including phenoxy) is 2. The fourth-order valence-electron chi connectivity index (χ4n) is 4.32. The standard InChI is InChI=1S/C17H16ClNO5/c18-9-2-1-3-10(6-9)19-13(20)7-23-16(21)14-8-4-11-12(5-8)24-17(22)15(11)14/h1-3,6,8,11-12,14-15H,4-5,7H2,(H,19,20)/t8-,11+,12-,14-,15-/m1/s1. The second kappa shape index (κ2) is 5.77. The van der Waals surface area contributed by atoms with Gasteiger partial charge in [0.05, 0.1) is 11.8 Å². The van der Waals surface area contributed by atoms with Gasteiger partial charge in [-0.2, -0.15) is 0 Å². The van der Waals surface area contributed by atoms with E-state index in [-0.39, 0.29) is 30.5 Å². The molecule has 2 saturated carbocycles. The van der Waals surface area contributed by atoms with E-state index in [9.17, 15) is 14.4 Å². The molecule has 1 heterocycles. The highest BCUT2D eigenvalue weighted by atomic mass is 35.5. The number of fused-ring (bicyclic) bond motifs is 1. The Bertz CT molecular complexity index is 719. The van der Waals surface area contributed by atoms with Crippen LogP contribution in [0.25, 0.3) is 0 Å². The second-order valence-electron chi connectivity index (χ2n) is 6.59. The third-order valence-corrected chi connectivity index (χ3v) is 5.44. The molecule has 1 aromatic rings. The van der Waals surface area contributed by atoms with Crippen LogP contribution in [0.3, 0.4) is 0 Å². The molecule has 1 saturated heterocycles. The lowest BCUT2D eigenvalue weighted by molar-refractivity contribution is -0.157. The summed E-state index contributed by atoms with van der Waals surface area (Å²) in [7, 11) is 0. The number of carbonyl (C=O) groups excluding carboxylic acids is 3. The summed E-state index contributed by atoms with van der Waals surface area (Å²) in [6.45, 7) is -0.384. The molecule has 2 aliphatic carbocycles. The van der Waals surface area contributed by atoms with Gasteiger partial charge in [0, 0.05) is 16.6 Å². The molecular formula is C17H16ClNO5. The van der Waals surface area contributed by atoms with Gasteiger partial charge < -0.3 is 14.8 Å². The number of hydrogen-bond donors (Lipinski definition) is 1. The highest BCUT2D eigenvalue weighted by Crippen LogP contribution is 2.57. The number of carbonyl (C=O) groups is 3. The quantitative estimate of drug-likeness (QED) is 0.841. The molecule has 5 atom stereocenters.